The Morgan fingerprint density at radius 2 is 1.89 bits per heavy atom. The summed E-state index contributed by atoms with van der Waals surface area (Å²) in [6.45, 7) is 5.28. The largest absolute Gasteiger partial charge is 0.332 e. The number of hydrogen-bond acceptors (Lipinski definition) is 4. The highest BCUT2D eigenvalue weighted by Crippen LogP contribution is 2.41. The maximum absolute atomic E-state index is 13.7. The molecule has 184 valence electrons. The maximum Gasteiger partial charge on any atom is 0.242 e. The summed E-state index contributed by atoms with van der Waals surface area (Å²) in [5.74, 6) is 0.442. The topological polar surface area (TPSA) is 40.6 Å². The predicted octanol–water partition coefficient (Wildman–Crippen LogP) is 6.81. The van der Waals surface area contributed by atoms with Gasteiger partial charge in [0, 0.05) is 32.9 Å². The molecular weight excluding hydrogens is 519 g/mol. The van der Waals surface area contributed by atoms with E-state index in [1.807, 2.05) is 47.4 Å². The summed E-state index contributed by atoms with van der Waals surface area (Å²) in [7, 11) is 0. The molecule has 0 radical (unpaired) electrons. The molecule has 2 amide bonds. The first-order chi connectivity index (χ1) is 16.8. The lowest BCUT2D eigenvalue weighted by Crippen LogP contribution is -2.48. The van der Waals surface area contributed by atoms with Gasteiger partial charge in [-0.25, -0.2) is 0 Å². The van der Waals surface area contributed by atoms with Crippen LogP contribution in [0.4, 0.5) is 0 Å². The average molecular weight is 548 g/mol. The van der Waals surface area contributed by atoms with Crippen molar-refractivity contribution >= 4 is 58.1 Å². The van der Waals surface area contributed by atoms with Gasteiger partial charge in [-0.15, -0.1) is 23.1 Å². The second-order valence-corrected chi connectivity index (χ2v) is 11.9. The number of thioether (sulfide) groups is 1. The third-order valence-corrected chi connectivity index (χ3v) is 8.47. The fraction of sp³-hybridized carbons (Fsp3) is 0.333. The molecule has 35 heavy (non-hydrogen) atoms. The number of hydrogen-bond donors (Lipinski definition) is 0. The molecule has 8 heteroatoms. The van der Waals surface area contributed by atoms with Crippen LogP contribution < -0.4 is 0 Å². The Balaban J connectivity index is 1.55. The molecule has 0 N–H and O–H groups in total. The first-order valence-corrected chi connectivity index (χ1v) is 14.2. The second-order valence-electron chi connectivity index (χ2n) is 8.97. The number of benzene rings is 2. The number of fused-ring (bicyclic) bond motifs is 1. The Bertz CT molecular complexity index is 1180. The lowest BCUT2D eigenvalue weighted by Gasteiger charge is -2.38. The van der Waals surface area contributed by atoms with Gasteiger partial charge < -0.3 is 9.80 Å². The molecule has 0 aliphatic carbocycles. The van der Waals surface area contributed by atoms with Crippen molar-refractivity contribution in [3.8, 4) is 0 Å². The van der Waals surface area contributed by atoms with Crippen LogP contribution in [0, 0.1) is 5.92 Å². The van der Waals surface area contributed by atoms with Crippen molar-refractivity contribution in [1.82, 2.24) is 9.80 Å². The molecule has 0 spiro atoms. The zero-order chi connectivity index (χ0) is 24.9. The summed E-state index contributed by atoms with van der Waals surface area (Å²) >= 11 is 16.0. The van der Waals surface area contributed by atoms with Gasteiger partial charge in [-0.1, -0.05) is 61.3 Å². The van der Waals surface area contributed by atoms with Crippen molar-refractivity contribution in [3.63, 3.8) is 0 Å². The molecule has 2 aromatic carbocycles. The van der Waals surface area contributed by atoms with Gasteiger partial charge in [-0.2, -0.15) is 0 Å². The Labute approximate surface area is 225 Å². The van der Waals surface area contributed by atoms with Gasteiger partial charge in [0.05, 0.1) is 18.3 Å². The van der Waals surface area contributed by atoms with Crippen LogP contribution in [0.5, 0.6) is 0 Å². The number of carbonyl (C=O) groups excluding carboxylic acids is 2. The van der Waals surface area contributed by atoms with Gasteiger partial charge in [0.1, 0.15) is 0 Å². The smallest absolute Gasteiger partial charge is 0.242 e. The molecule has 2 heterocycles. The van der Waals surface area contributed by atoms with E-state index in [-0.39, 0.29) is 30.3 Å². The molecule has 1 unspecified atom stereocenters. The Morgan fingerprint density at radius 1 is 1.11 bits per heavy atom. The standard InChI is InChI=1S/C27H28Cl2N2O2S2/c1-18(2)15-30(26(33)17-35-20-6-4-3-5-7-20)16-25(32)31-12-10-24-22(11-13-34-24)27(31)21-9-8-19(28)14-23(21)29/h3-9,11,13-14,18,27H,10,12,15-17H2,1-2H3. The molecule has 1 aliphatic heterocycles. The van der Waals surface area contributed by atoms with Crippen LogP contribution in [0.1, 0.15) is 35.9 Å². The highest BCUT2D eigenvalue weighted by atomic mass is 35.5. The lowest BCUT2D eigenvalue weighted by molar-refractivity contribution is -0.140. The number of nitrogens with zero attached hydrogens (tertiary/aromatic N) is 2. The van der Waals surface area contributed by atoms with Gasteiger partial charge in [-0.3, -0.25) is 9.59 Å². The molecule has 4 rings (SSSR count). The van der Waals surface area contributed by atoms with Crippen molar-refractivity contribution in [2.24, 2.45) is 5.92 Å². The van der Waals surface area contributed by atoms with Crippen LogP contribution in [0.2, 0.25) is 10.0 Å². The normalized spacial score (nSPS) is 15.2. The van der Waals surface area contributed by atoms with Gasteiger partial charge >= 0.3 is 0 Å². The van der Waals surface area contributed by atoms with Gasteiger partial charge in [-0.05, 0) is 59.2 Å². The summed E-state index contributed by atoms with van der Waals surface area (Å²) in [5.41, 5.74) is 1.95. The molecule has 4 nitrogen and oxygen atoms in total. The minimum atomic E-state index is -0.294. The van der Waals surface area contributed by atoms with E-state index in [9.17, 15) is 9.59 Å². The zero-order valence-electron chi connectivity index (χ0n) is 19.7. The molecular formula is C27H28Cl2N2O2S2. The van der Waals surface area contributed by atoms with Crippen LogP contribution in [0.3, 0.4) is 0 Å². The first-order valence-electron chi connectivity index (χ1n) is 11.6. The van der Waals surface area contributed by atoms with Crippen LogP contribution in [0.15, 0.2) is 64.9 Å². The van der Waals surface area contributed by atoms with E-state index in [0.717, 1.165) is 22.4 Å². The van der Waals surface area contributed by atoms with E-state index < -0.39 is 0 Å². The number of halogens is 2. The van der Waals surface area contributed by atoms with Gasteiger partial charge in [0.15, 0.2) is 0 Å². The SMILES string of the molecule is CC(C)CN(CC(=O)N1CCc2sccc2C1c1ccc(Cl)cc1Cl)C(=O)CSc1ccccc1. The van der Waals surface area contributed by atoms with E-state index in [4.69, 9.17) is 23.2 Å². The highest BCUT2D eigenvalue weighted by Gasteiger charge is 2.35. The lowest BCUT2D eigenvalue weighted by atomic mass is 9.93. The summed E-state index contributed by atoms with van der Waals surface area (Å²) in [6.07, 6.45) is 0.794. The van der Waals surface area contributed by atoms with E-state index in [0.29, 0.717) is 28.9 Å². The van der Waals surface area contributed by atoms with Crippen molar-refractivity contribution in [1.29, 1.82) is 0 Å². The van der Waals surface area contributed by atoms with Crippen LogP contribution in [-0.2, 0) is 16.0 Å². The van der Waals surface area contributed by atoms with Crippen molar-refractivity contribution in [3.05, 3.63) is 86.0 Å². The minimum Gasteiger partial charge on any atom is -0.332 e. The monoisotopic (exact) mass is 546 g/mol. The molecule has 0 saturated heterocycles. The quantitative estimate of drug-likeness (QED) is 0.291. The minimum absolute atomic E-state index is 0.0322. The number of carbonyl (C=O) groups is 2. The van der Waals surface area contributed by atoms with E-state index in [2.05, 4.69) is 25.3 Å². The zero-order valence-corrected chi connectivity index (χ0v) is 22.9. The Kier molecular flexibility index (Phi) is 8.82. The van der Waals surface area contributed by atoms with E-state index >= 15 is 0 Å². The van der Waals surface area contributed by atoms with Crippen LogP contribution in [0.25, 0.3) is 0 Å². The molecule has 1 aromatic heterocycles. The molecule has 3 aromatic rings. The molecule has 1 aliphatic rings. The van der Waals surface area contributed by atoms with Crippen molar-refractivity contribution in [2.75, 3.05) is 25.4 Å². The molecule has 0 bridgehead atoms. The van der Waals surface area contributed by atoms with Crippen LogP contribution >= 0.6 is 46.3 Å². The van der Waals surface area contributed by atoms with Crippen molar-refractivity contribution in [2.45, 2.75) is 31.2 Å². The number of thiophene rings is 1. The Hall–Kier alpha value is -1.99. The van der Waals surface area contributed by atoms with Gasteiger partial charge in [0.25, 0.3) is 0 Å². The second kappa shape index (κ2) is 11.8. The fourth-order valence-corrected chi connectivity index (χ4v) is 6.58. The summed E-state index contributed by atoms with van der Waals surface area (Å²) in [5, 5.41) is 3.15. The summed E-state index contributed by atoms with van der Waals surface area (Å²) < 4.78 is 0. The van der Waals surface area contributed by atoms with E-state index in [1.165, 1.54) is 16.6 Å². The summed E-state index contributed by atoms with van der Waals surface area (Å²) in [6, 6.07) is 17.1. The molecule has 0 saturated carbocycles. The molecule has 1 atom stereocenters. The van der Waals surface area contributed by atoms with E-state index in [1.54, 1.807) is 22.3 Å². The number of rotatable bonds is 8. The fourth-order valence-electron chi connectivity index (χ4n) is 4.35. The third-order valence-electron chi connectivity index (χ3n) is 5.91. The maximum atomic E-state index is 13.7. The summed E-state index contributed by atoms with van der Waals surface area (Å²) in [4.78, 5) is 32.8. The van der Waals surface area contributed by atoms with Crippen LogP contribution in [-0.4, -0.2) is 47.0 Å². The highest BCUT2D eigenvalue weighted by molar-refractivity contribution is 8.00. The van der Waals surface area contributed by atoms with Crippen molar-refractivity contribution < 1.29 is 9.59 Å². The van der Waals surface area contributed by atoms with Gasteiger partial charge in [0.2, 0.25) is 11.8 Å². The molecule has 0 fully saturated rings. The number of amides is 2. The first kappa shape index (κ1) is 26.1. The third kappa shape index (κ3) is 6.42. The average Bonchev–Trinajstić information content (AvgIpc) is 3.31. The Morgan fingerprint density at radius 3 is 2.60 bits per heavy atom. The predicted molar refractivity (Wildman–Crippen MR) is 147 cm³/mol.